The molecule has 178 valence electrons. The Morgan fingerprint density at radius 1 is 0.829 bits per heavy atom. The largest absolute Gasteiger partial charge is 0.273 e. The molecule has 8 heteroatoms. The van der Waals surface area contributed by atoms with Gasteiger partial charge in [0.25, 0.3) is 11.6 Å². The van der Waals surface area contributed by atoms with E-state index in [1.807, 2.05) is 54.6 Å². The standard InChI is InChI=1S/C27H25N3O5/c1-27(2,3)18-11-9-17(10-12-18)23-22-24(35-29(23)20-7-5-4-6-8-20)26(32)28(25(22)31)19-13-15-21(16-14-19)30(33)34/h4-16,22-24H,1-3H3/t22-,23-,24-/m1/s1. The molecular weight excluding hydrogens is 446 g/mol. The van der Waals surface area contributed by atoms with E-state index in [9.17, 15) is 19.7 Å². The lowest BCUT2D eigenvalue weighted by Crippen LogP contribution is -2.37. The number of non-ortho nitro benzene ring substituents is 1. The van der Waals surface area contributed by atoms with Crippen LogP contribution >= 0.6 is 0 Å². The fourth-order valence-corrected chi connectivity index (χ4v) is 4.71. The Balaban J connectivity index is 1.54. The van der Waals surface area contributed by atoms with Crippen molar-refractivity contribution in [2.75, 3.05) is 9.96 Å². The monoisotopic (exact) mass is 471 g/mol. The zero-order valence-electron chi connectivity index (χ0n) is 19.6. The SMILES string of the molecule is CC(C)(C)c1ccc([C@@H]2[C@H]3C(=O)N(c4ccc([N+](=O)[O-])cc4)C(=O)[C@@H]3ON2c2ccccc2)cc1. The average Bonchev–Trinajstić information content (AvgIpc) is 3.35. The van der Waals surface area contributed by atoms with Gasteiger partial charge in [-0.2, -0.15) is 0 Å². The van der Waals surface area contributed by atoms with Crippen LogP contribution in [0.5, 0.6) is 0 Å². The van der Waals surface area contributed by atoms with E-state index in [1.54, 1.807) is 5.06 Å². The minimum absolute atomic E-state index is 0.0295. The highest BCUT2D eigenvalue weighted by Crippen LogP contribution is 2.47. The number of amides is 2. The Morgan fingerprint density at radius 3 is 2.03 bits per heavy atom. The molecule has 2 amide bonds. The van der Waals surface area contributed by atoms with Crippen LogP contribution in [0.4, 0.5) is 17.1 Å². The number of carbonyl (C=O) groups is 2. The molecule has 2 heterocycles. The van der Waals surface area contributed by atoms with Crippen LogP contribution in [-0.4, -0.2) is 22.8 Å². The van der Waals surface area contributed by atoms with Gasteiger partial charge in [-0.3, -0.25) is 24.5 Å². The van der Waals surface area contributed by atoms with E-state index >= 15 is 0 Å². The summed E-state index contributed by atoms with van der Waals surface area (Å²) in [5.74, 6) is -1.64. The minimum atomic E-state index is -0.995. The number of hydrogen-bond donors (Lipinski definition) is 0. The van der Waals surface area contributed by atoms with Crippen LogP contribution in [0.1, 0.15) is 37.9 Å². The van der Waals surface area contributed by atoms with Crippen LogP contribution < -0.4 is 9.96 Å². The Labute approximate surface area is 202 Å². The van der Waals surface area contributed by atoms with Gasteiger partial charge in [-0.25, -0.2) is 9.96 Å². The van der Waals surface area contributed by atoms with E-state index in [0.717, 1.165) is 21.7 Å². The van der Waals surface area contributed by atoms with Crippen molar-refractivity contribution in [2.24, 2.45) is 5.92 Å². The van der Waals surface area contributed by atoms with Gasteiger partial charge in [0.1, 0.15) is 5.92 Å². The van der Waals surface area contributed by atoms with E-state index in [1.165, 1.54) is 24.3 Å². The molecule has 0 aliphatic carbocycles. The maximum Gasteiger partial charge on any atom is 0.269 e. The summed E-state index contributed by atoms with van der Waals surface area (Å²) < 4.78 is 0. The zero-order valence-corrected chi connectivity index (χ0v) is 19.6. The van der Waals surface area contributed by atoms with Crippen molar-refractivity contribution in [1.29, 1.82) is 0 Å². The van der Waals surface area contributed by atoms with Crippen molar-refractivity contribution in [3.05, 3.63) is 100 Å². The third-order valence-electron chi connectivity index (χ3n) is 6.56. The summed E-state index contributed by atoms with van der Waals surface area (Å²) in [6.07, 6.45) is -0.995. The van der Waals surface area contributed by atoms with Crippen molar-refractivity contribution in [3.63, 3.8) is 0 Å². The van der Waals surface area contributed by atoms with E-state index in [4.69, 9.17) is 4.84 Å². The number of imide groups is 1. The number of nitro groups is 1. The van der Waals surface area contributed by atoms with Crippen molar-refractivity contribution < 1.29 is 19.3 Å². The van der Waals surface area contributed by atoms with Crippen LogP contribution in [0.2, 0.25) is 0 Å². The van der Waals surface area contributed by atoms with Gasteiger partial charge in [0.15, 0.2) is 6.10 Å². The molecule has 2 saturated heterocycles. The first-order valence-corrected chi connectivity index (χ1v) is 11.4. The number of nitrogens with zero attached hydrogens (tertiary/aromatic N) is 3. The Kier molecular flexibility index (Phi) is 5.40. The summed E-state index contributed by atoms with van der Waals surface area (Å²) in [5.41, 5.74) is 2.91. The Morgan fingerprint density at radius 2 is 1.46 bits per heavy atom. The van der Waals surface area contributed by atoms with Crippen LogP contribution in [0, 0.1) is 16.0 Å². The number of nitro benzene ring substituents is 1. The van der Waals surface area contributed by atoms with Crippen molar-refractivity contribution in [1.82, 2.24) is 0 Å². The number of hydroxylamine groups is 1. The normalized spacial score (nSPS) is 22.0. The smallest absolute Gasteiger partial charge is 0.269 e. The van der Waals surface area contributed by atoms with Crippen LogP contribution in [0.25, 0.3) is 0 Å². The molecule has 3 atom stereocenters. The number of rotatable bonds is 4. The third-order valence-corrected chi connectivity index (χ3v) is 6.56. The van der Waals surface area contributed by atoms with E-state index in [-0.39, 0.29) is 16.8 Å². The van der Waals surface area contributed by atoms with E-state index < -0.39 is 34.8 Å². The summed E-state index contributed by atoms with van der Waals surface area (Å²) >= 11 is 0. The van der Waals surface area contributed by atoms with Crippen LogP contribution in [0.15, 0.2) is 78.9 Å². The van der Waals surface area contributed by atoms with Gasteiger partial charge < -0.3 is 0 Å². The first kappa shape index (κ1) is 22.7. The molecule has 2 aliphatic heterocycles. The van der Waals surface area contributed by atoms with Crippen molar-refractivity contribution in [3.8, 4) is 0 Å². The fourth-order valence-electron chi connectivity index (χ4n) is 4.71. The van der Waals surface area contributed by atoms with Gasteiger partial charge in [0.05, 0.1) is 22.3 Å². The van der Waals surface area contributed by atoms with Crippen molar-refractivity contribution in [2.45, 2.75) is 38.3 Å². The summed E-state index contributed by atoms with van der Waals surface area (Å²) in [6.45, 7) is 6.40. The molecule has 3 aromatic carbocycles. The lowest BCUT2D eigenvalue weighted by atomic mass is 9.84. The number of benzene rings is 3. The van der Waals surface area contributed by atoms with Gasteiger partial charge in [0, 0.05) is 12.1 Å². The Bertz CT molecular complexity index is 1280. The molecule has 2 aliphatic rings. The number of para-hydroxylation sites is 1. The predicted molar refractivity (Wildman–Crippen MR) is 131 cm³/mol. The van der Waals surface area contributed by atoms with Crippen molar-refractivity contribution >= 4 is 28.9 Å². The summed E-state index contributed by atoms with van der Waals surface area (Å²) in [6, 6.07) is 22.3. The molecule has 5 rings (SSSR count). The molecule has 8 nitrogen and oxygen atoms in total. The summed E-state index contributed by atoms with van der Waals surface area (Å²) in [7, 11) is 0. The number of carbonyl (C=O) groups excluding carboxylic acids is 2. The number of hydrogen-bond acceptors (Lipinski definition) is 6. The second-order valence-corrected chi connectivity index (χ2v) is 9.82. The predicted octanol–water partition coefficient (Wildman–Crippen LogP) is 4.94. The molecule has 3 aromatic rings. The molecular formula is C27H25N3O5. The quantitative estimate of drug-likeness (QED) is 0.304. The first-order valence-electron chi connectivity index (χ1n) is 11.4. The molecule has 0 N–H and O–H groups in total. The number of anilines is 2. The van der Waals surface area contributed by atoms with Gasteiger partial charge in [0.2, 0.25) is 5.91 Å². The molecule has 0 bridgehead atoms. The average molecular weight is 472 g/mol. The molecule has 0 unspecified atom stereocenters. The zero-order chi connectivity index (χ0) is 24.9. The van der Waals surface area contributed by atoms with E-state index in [0.29, 0.717) is 0 Å². The van der Waals surface area contributed by atoms with Gasteiger partial charge in [-0.15, -0.1) is 0 Å². The van der Waals surface area contributed by atoms with Gasteiger partial charge >= 0.3 is 0 Å². The fraction of sp³-hybridized carbons (Fsp3) is 0.259. The molecule has 0 spiro atoms. The topological polar surface area (TPSA) is 93.0 Å². The summed E-state index contributed by atoms with van der Waals surface area (Å²) in [5, 5.41) is 12.7. The molecule has 0 aromatic heterocycles. The second kappa shape index (κ2) is 8.32. The van der Waals surface area contributed by atoms with Crippen LogP contribution in [-0.2, 0) is 19.8 Å². The third kappa shape index (κ3) is 3.85. The maximum absolute atomic E-state index is 13.7. The highest BCUT2D eigenvalue weighted by Gasteiger charge is 2.60. The highest BCUT2D eigenvalue weighted by molar-refractivity contribution is 6.23. The van der Waals surface area contributed by atoms with E-state index in [2.05, 4.69) is 20.8 Å². The Hall–Kier alpha value is -4.04. The second-order valence-electron chi connectivity index (χ2n) is 9.82. The molecule has 2 fully saturated rings. The lowest BCUT2D eigenvalue weighted by molar-refractivity contribution is -0.384. The van der Waals surface area contributed by atoms with Gasteiger partial charge in [-0.05, 0) is 40.8 Å². The molecule has 35 heavy (non-hydrogen) atoms. The van der Waals surface area contributed by atoms with Crippen LogP contribution in [0.3, 0.4) is 0 Å². The first-order chi connectivity index (χ1) is 16.7. The minimum Gasteiger partial charge on any atom is -0.273 e. The summed E-state index contributed by atoms with van der Waals surface area (Å²) in [4.78, 5) is 44.8. The maximum atomic E-state index is 13.7. The molecule has 0 saturated carbocycles. The number of fused-ring (bicyclic) bond motifs is 1. The lowest BCUT2D eigenvalue weighted by Gasteiger charge is -2.29. The molecule has 0 radical (unpaired) electrons. The highest BCUT2D eigenvalue weighted by atomic mass is 16.7. The van der Waals surface area contributed by atoms with Gasteiger partial charge in [-0.1, -0.05) is 63.2 Å².